The van der Waals surface area contributed by atoms with Gasteiger partial charge in [0, 0.05) is 12.8 Å². The number of aliphatic hydroxyl groups excluding tert-OH is 2. The van der Waals surface area contributed by atoms with Crippen LogP contribution < -0.4 is 5.32 Å². The Labute approximate surface area is 355 Å². The third-order valence-electron chi connectivity index (χ3n) is 11.8. The van der Waals surface area contributed by atoms with E-state index in [-0.39, 0.29) is 18.5 Å². The highest BCUT2D eigenvalue weighted by Gasteiger charge is 2.18. The number of ether oxygens (including phenoxy) is 1. The molecule has 0 heterocycles. The van der Waals surface area contributed by atoms with Gasteiger partial charge < -0.3 is 20.3 Å². The average Bonchev–Trinajstić information content (AvgIpc) is 3.21. The van der Waals surface area contributed by atoms with Gasteiger partial charge in [-0.3, -0.25) is 9.59 Å². The molecule has 0 aromatic rings. The predicted octanol–water partition coefficient (Wildman–Crippen LogP) is 15.0. The molecule has 0 rings (SSSR count). The molecular weight excluding hydrogens is 707 g/mol. The van der Waals surface area contributed by atoms with Crippen molar-refractivity contribution in [3.8, 4) is 0 Å². The number of rotatable bonds is 47. The Morgan fingerprint density at radius 1 is 0.474 bits per heavy atom. The number of allylic oxidation sites excluding steroid dienone is 1. The summed E-state index contributed by atoms with van der Waals surface area (Å²) in [4.78, 5) is 24.4. The van der Waals surface area contributed by atoms with Crippen LogP contribution >= 0.6 is 0 Å². The van der Waals surface area contributed by atoms with E-state index < -0.39 is 12.1 Å². The maximum Gasteiger partial charge on any atom is 0.305 e. The smallest absolute Gasteiger partial charge is 0.305 e. The SMILES string of the molecule is CCCCCCCCCCCC/C=C/C(O)C(CO)NC(=O)CCCCCCCCCCCCCOC(=O)CCCCCCCCCCCCCCCCCCC. The second kappa shape index (κ2) is 47.3. The number of esters is 1. The molecule has 1 amide bonds. The Balaban J connectivity index is 3.46. The van der Waals surface area contributed by atoms with Gasteiger partial charge in [0.05, 0.1) is 25.4 Å². The lowest BCUT2D eigenvalue weighted by Crippen LogP contribution is -2.45. The molecule has 0 spiro atoms. The Morgan fingerprint density at radius 2 is 0.807 bits per heavy atom. The van der Waals surface area contributed by atoms with Crippen molar-refractivity contribution in [2.45, 2.75) is 289 Å². The van der Waals surface area contributed by atoms with E-state index in [9.17, 15) is 19.8 Å². The van der Waals surface area contributed by atoms with Crippen molar-refractivity contribution in [2.24, 2.45) is 0 Å². The first-order valence-corrected chi connectivity index (χ1v) is 25.5. The van der Waals surface area contributed by atoms with E-state index in [0.717, 1.165) is 57.8 Å². The van der Waals surface area contributed by atoms with Gasteiger partial charge in [-0.25, -0.2) is 0 Å². The molecule has 57 heavy (non-hydrogen) atoms. The summed E-state index contributed by atoms with van der Waals surface area (Å²) in [6.45, 7) is 4.86. The van der Waals surface area contributed by atoms with Gasteiger partial charge in [0.2, 0.25) is 5.91 Å². The van der Waals surface area contributed by atoms with Crippen molar-refractivity contribution in [2.75, 3.05) is 13.2 Å². The predicted molar refractivity (Wildman–Crippen MR) is 246 cm³/mol. The maximum absolute atomic E-state index is 12.4. The molecule has 0 radical (unpaired) electrons. The molecule has 2 unspecified atom stereocenters. The van der Waals surface area contributed by atoms with Crippen LogP contribution in [0.25, 0.3) is 0 Å². The third kappa shape index (κ3) is 44.0. The average molecular weight is 806 g/mol. The Morgan fingerprint density at radius 3 is 1.19 bits per heavy atom. The number of hydrogen-bond acceptors (Lipinski definition) is 5. The van der Waals surface area contributed by atoms with Crippen LogP contribution in [0.5, 0.6) is 0 Å². The first kappa shape index (κ1) is 55.6. The van der Waals surface area contributed by atoms with E-state index in [1.807, 2.05) is 6.08 Å². The minimum atomic E-state index is -0.854. The third-order valence-corrected chi connectivity index (χ3v) is 11.8. The van der Waals surface area contributed by atoms with Crippen LogP contribution in [-0.2, 0) is 14.3 Å². The zero-order valence-corrected chi connectivity index (χ0v) is 38.3. The second-order valence-electron chi connectivity index (χ2n) is 17.5. The Hall–Kier alpha value is -1.40. The van der Waals surface area contributed by atoms with Crippen LogP contribution in [0.15, 0.2) is 12.2 Å². The molecule has 0 bridgehead atoms. The summed E-state index contributed by atoms with van der Waals surface area (Å²) in [6.07, 6.45) is 53.5. The van der Waals surface area contributed by atoms with E-state index >= 15 is 0 Å². The highest BCUT2D eigenvalue weighted by Crippen LogP contribution is 2.16. The van der Waals surface area contributed by atoms with Gasteiger partial charge >= 0.3 is 5.97 Å². The summed E-state index contributed by atoms with van der Waals surface area (Å²) in [5, 5.41) is 23.0. The standard InChI is InChI=1S/C51H99NO5/c1-3-5-7-9-11-13-15-17-18-19-20-21-25-29-33-37-41-45-51(56)57-46-42-38-34-30-26-22-24-28-32-36-40-44-50(55)52-48(47-53)49(54)43-39-35-31-27-23-16-14-12-10-8-6-4-2/h39,43,48-49,53-54H,3-38,40-42,44-47H2,1-2H3,(H,52,55)/b43-39+. The monoisotopic (exact) mass is 806 g/mol. The zero-order chi connectivity index (χ0) is 41.5. The molecule has 0 aliphatic heterocycles. The summed E-state index contributed by atoms with van der Waals surface area (Å²) in [5.41, 5.74) is 0. The molecule has 6 heteroatoms. The van der Waals surface area contributed by atoms with Crippen molar-refractivity contribution in [1.82, 2.24) is 5.32 Å². The highest BCUT2D eigenvalue weighted by atomic mass is 16.5. The lowest BCUT2D eigenvalue weighted by Gasteiger charge is -2.20. The highest BCUT2D eigenvalue weighted by molar-refractivity contribution is 5.76. The molecule has 0 aliphatic rings. The minimum Gasteiger partial charge on any atom is -0.466 e. The summed E-state index contributed by atoms with van der Waals surface area (Å²) >= 11 is 0. The van der Waals surface area contributed by atoms with Gasteiger partial charge in [-0.15, -0.1) is 0 Å². The first-order chi connectivity index (χ1) is 28.0. The lowest BCUT2D eigenvalue weighted by atomic mass is 10.0. The van der Waals surface area contributed by atoms with E-state index in [2.05, 4.69) is 19.2 Å². The summed E-state index contributed by atoms with van der Waals surface area (Å²) < 4.78 is 5.47. The van der Waals surface area contributed by atoms with Gasteiger partial charge in [-0.05, 0) is 32.1 Å². The molecule has 3 N–H and O–H groups in total. The maximum atomic E-state index is 12.4. The van der Waals surface area contributed by atoms with Gasteiger partial charge in [0.15, 0.2) is 0 Å². The number of unbranched alkanes of at least 4 members (excludes halogenated alkanes) is 36. The van der Waals surface area contributed by atoms with Gasteiger partial charge in [0.25, 0.3) is 0 Å². The molecule has 338 valence electrons. The molecular formula is C51H99NO5. The Kier molecular flexibility index (Phi) is 46.1. The largest absolute Gasteiger partial charge is 0.466 e. The summed E-state index contributed by atoms with van der Waals surface area (Å²) in [5.74, 6) is -0.0982. The normalized spacial score (nSPS) is 12.7. The zero-order valence-electron chi connectivity index (χ0n) is 38.3. The number of carbonyl (C=O) groups is 2. The molecule has 0 aromatic heterocycles. The summed E-state index contributed by atoms with van der Waals surface area (Å²) in [7, 11) is 0. The van der Waals surface area contributed by atoms with Crippen LogP contribution in [-0.4, -0.2) is 47.4 Å². The molecule has 0 aromatic carbocycles. The topological polar surface area (TPSA) is 95.9 Å². The summed E-state index contributed by atoms with van der Waals surface area (Å²) in [6, 6.07) is -0.639. The van der Waals surface area contributed by atoms with Crippen molar-refractivity contribution < 1.29 is 24.5 Å². The molecule has 6 nitrogen and oxygen atoms in total. The Bertz CT molecular complexity index is 847. The fraction of sp³-hybridized carbons (Fsp3) is 0.922. The van der Waals surface area contributed by atoms with E-state index in [1.165, 1.54) is 193 Å². The number of hydrogen-bond donors (Lipinski definition) is 3. The number of carbonyl (C=O) groups excluding carboxylic acids is 2. The second-order valence-corrected chi connectivity index (χ2v) is 17.5. The van der Waals surface area contributed by atoms with Gasteiger partial charge in [0.1, 0.15) is 0 Å². The number of nitrogens with one attached hydrogen (secondary N) is 1. The van der Waals surface area contributed by atoms with Gasteiger partial charge in [-0.1, -0.05) is 244 Å². The van der Waals surface area contributed by atoms with Crippen LogP contribution in [0.2, 0.25) is 0 Å². The minimum absolute atomic E-state index is 0.0117. The quantitative estimate of drug-likeness (QED) is 0.0323. The van der Waals surface area contributed by atoms with Crippen LogP contribution in [0.4, 0.5) is 0 Å². The molecule has 0 fully saturated rings. The molecule has 2 atom stereocenters. The molecule has 0 saturated carbocycles. The van der Waals surface area contributed by atoms with Crippen LogP contribution in [0, 0.1) is 0 Å². The van der Waals surface area contributed by atoms with Crippen LogP contribution in [0.3, 0.4) is 0 Å². The van der Waals surface area contributed by atoms with E-state index in [1.54, 1.807) is 6.08 Å². The van der Waals surface area contributed by atoms with Crippen molar-refractivity contribution >= 4 is 11.9 Å². The fourth-order valence-corrected chi connectivity index (χ4v) is 7.87. The van der Waals surface area contributed by atoms with Gasteiger partial charge in [-0.2, -0.15) is 0 Å². The van der Waals surface area contributed by atoms with Crippen LogP contribution in [0.1, 0.15) is 277 Å². The fourth-order valence-electron chi connectivity index (χ4n) is 7.87. The number of amides is 1. The van der Waals surface area contributed by atoms with Crippen molar-refractivity contribution in [3.05, 3.63) is 12.2 Å². The van der Waals surface area contributed by atoms with Crippen molar-refractivity contribution in [1.29, 1.82) is 0 Å². The molecule has 0 saturated heterocycles. The van der Waals surface area contributed by atoms with E-state index in [0.29, 0.717) is 19.4 Å². The van der Waals surface area contributed by atoms with E-state index in [4.69, 9.17) is 4.74 Å². The first-order valence-electron chi connectivity index (χ1n) is 25.5. The lowest BCUT2D eigenvalue weighted by molar-refractivity contribution is -0.143. The van der Waals surface area contributed by atoms with Crippen molar-refractivity contribution in [3.63, 3.8) is 0 Å². The molecule has 0 aliphatic carbocycles. The number of aliphatic hydroxyl groups is 2.